The van der Waals surface area contributed by atoms with Crippen molar-refractivity contribution in [2.45, 2.75) is 64.2 Å². The number of halogens is 1. The molecule has 4 heterocycles. The van der Waals surface area contributed by atoms with Crippen molar-refractivity contribution in [3.63, 3.8) is 0 Å². The van der Waals surface area contributed by atoms with Crippen molar-refractivity contribution in [2.75, 3.05) is 0 Å². The molecule has 2 aromatic carbocycles. The van der Waals surface area contributed by atoms with Crippen LogP contribution in [0.1, 0.15) is 53.0 Å². The largest absolute Gasteiger partial charge is 0.486 e. The van der Waals surface area contributed by atoms with E-state index >= 15 is 0 Å². The minimum atomic E-state index is -1.90. The summed E-state index contributed by atoms with van der Waals surface area (Å²) < 4.78 is 29.7. The summed E-state index contributed by atoms with van der Waals surface area (Å²) in [6, 6.07) is 25.2. The van der Waals surface area contributed by atoms with Gasteiger partial charge in [-0.3, -0.25) is 0 Å². The minimum Gasteiger partial charge on any atom is -0.486 e. The summed E-state index contributed by atoms with van der Waals surface area (Å²) in [5, 5.41) is 1.00. The number of fused-ring (bicyclic) bond motifs is 3. The van der Waals surface area contributed by atoms with E-state index in [0.717, 1.165) is 23.2 Å². The molecule has 45 heavy (non-hydrogen) atoms. The van der Waals surface area contributed by atoms with Gasteiger partial charge in [-0.05, 0) is 23.7 Å². The van der Waals surface area contributed by atoms with Crippen molar-refractivity contribution in [3.05, 3.63) is 108 Å². The molecule has 4 aromatic heterocycles. The second kappa shape index (κ2) is 14.1. The average molecular weight is 840 g/mol. The predicted molar refractivity (Wildman–Crippen MR) is 182 cm³/mol. The van der Waals surface area contributed by atoms with Crippen molar-refractivity contribution in [1.29, 1.82) is 0 Å². The Labute approximate surface area is 284 Å². The van der Waals surface area contributed by atoms with Gasteiger partial charge in [0.1, 0.15) is 5.82 Å². The standard InChI is InChI=1S/C19H14FN2O.C19H26GeN.Ir/c1-11(2)12-6-8-21-16(10-12)13-4-3-5-14-17-15(20)7-9-22-19(17)23-18(13)14;1-19(2,3)13-16-12-18(15-10-8-7-9-11-15)21-14-17(16)20(4,5)6;/h3,5-11H,1-2H3;7-10,12,14H,13H2,1-6H3;/q2*-1;/i11D;;. The molecule has 0 amide bonds. The molecular formula is C38H40FGeIrN3O-2. The van der Waals surface area contributed by atoms with E-state index in [9.17, 15) is 4.39 Å². The number of hydrogen-bond donors (Lipinski definition) is 0. The van der Waals surface area contributed by atoms with Crippen LogP contribution in [0.5, 0.6) is 0 Å². The Morgan fingerprint density at radius 1 is 0.933 bits per heavy atom. The molecule has 0 N–H and O–H groups in total. The van der Waals surface area contributed by atoms with Gasteiger partial charge in [-0.2, -0.15) is 0 Å². The Hall–Kier alpha value is -3.19. The van der Waals surface area contributed by atoms with Gasteiger partial charge in [0.15, 0.2) is 0 Å². The Kier molecular flexibility index (Phi) is 10.4. The number of furan rings is 1. The van der Waals surface area contributed by atoms with Gasteiger partial charge in [0, 0.05) is 33.9 Å². The zero-order chi connectivity index (χ0) is 32.6. The van der Waals surface area contributed by atoms with Gasteiger partial charge in [0.25, 0.3) is 0 Å². The third-order valence-corrected chi connectivity index (χ3v) is 11.7. The fourth-order valence-electron chi connectivity index (χ4n) is 5.28. The fraction of sp³-hybridized carbons (Fsp3) is 0.289. The monoisotopic (exact) mass is 841 g/mol. The minimum absolute atomic E-state index is 0. The zero-order valence-corrected chi connectivity index (χ0v) is 31.7. The Balaban J connectivity index is 0.000000207. The topological polar surface area (TPSA) is 51.8 Å². The molecule has 6 aromatic rings. The van der Waals surface area contributed by atoms with E-state index in [4.69, 9.17) is 10.8 Å². The smallest absolute Gasteiger partial charge is 0.219 e. The SMILES string of the molecule is CC(C)(C)Cc1cc(-c2[c-]cccc2)nc[c]1[Ge]([CH3])([CH3])[CH3].[2H]C(C)(C)c1ccnc(-c2[c-]ccc3c2oc2nccc(F)c23)c1.[Ir]. The molecule has 0 aliphatic rings. The molecule has 4 nitrogen and oxygen atoms in total. The molecule has 235 valence electrons. The van der Waals surface area contributed by atoms with Crippen LogP contribution in [0.25, 0.3) is 44.6 Å². The van der Waals surface area contributed by atoms with Crippen LogP contribution in [-0.4, -0.2) is 28.2 Å². The molecule has 0 spiro atoms. The molecule has 7 heteroatoms. The van der Waals surface area contributed by atoms with E-state index in [-0.39, 0.29) is 31.6 Å². The van der Waals surface area contributed by atoms with Gasteiger partial charge in [-0.1, -0.05) is 36.4 Å². The van der Waals surface area contributed by atoms with E-state index in [1.165, 1.54) is 22.2 Å². The zero-order valence-electron chi connectivity index (χ0n) is 28.2. The second-order valence-corrected chi connectivity index (χ2v) is 24.2. The normalized spacial score (nSPS) is 12.3. The molecular weight excluding hydrogens is 798 g/mol. The van der Waals surface area contributed by atoms with Gasteiger partial charge < -0.3 is 9.40 Å². The molecule has 0 unspecified atom stereocenters. The molecule has 0 saturated heterocycles. The van der Waals surface area contributed by atoms with Crippen LogP contribution in [0, 0.1) is 23.4 Å². The number of rotatable bonds is 5. The summed E-state index contributed by atoms with van der Waals surface area (Å²) in [7, 11) is 0. The van der Waals surface area contributed by atoms with Crippen LogP contribution in [0.3, 0.4) is 0 Å². The summed E-state index contributed by atoms with van der Waals surface area (Å²) in [6.45, 7) is 10.6. The fourth-order valence-corrected chi connectivity index (χ4v) is 8.59. The molecule has 0 aliphatic carbocycles. The number of hydrogen-bond acceptors (Lipinski definition) is 4. The van der Waals surface area contributed by atoms with Crippen LogP contribution in [0.4, 0.5) is 4.39 Å². The first-order chi connectivity index (χ1) is 21.1. The quantitative estimate of drug-likeness (QED) is 0.128. The molecule has 0 aliphatic heterocycles. The molecule has 1 radical (unpaired) electrons. The van der Waals surface area contributed by atoms with Crippen LogP contribution in [-0.2, 0) is 26.5 Å². The van der Waals surface area contributed by atoms with Crippen molar-refractivity contribution < 1.29 is 30.3 Å². The first-order valence-corrected chi connectivity index (χ1v) is 22.3. The van der Waals surface area contributed by atoms with Gasteiger partial charge >= 0.3 is 132 Å². The number of aromatic nitrogens is 3. The molecule has 0 saturated carbocycles. The molecule has 0 bridgehead atoms. The molecule has 0 atom stereocenters. The van der Waals surface area contributed by atoms with E-state index in [1.54, 1.807) is 18.3 Å². The Morgan fingerprint density at radius 2 is 1.69 bits per heavy atom. The first-order valence-electron chi connectivity index (χ1n) is 15.4. The van der Waals surface area contributed by atoms with E-state index < -0.39 is 19.2 Å². The van der Waals surface area contributed by atoms with Crippen molar-refractivity contribution in [1.82, 2.24) is 15.0 Å². The maximum Gasteiger partial charge on any atom is 0.219 e. The van der Waals surface area contributed by atoms with Gasteiger partial charge in [-0.15, -0.1) is 18.2 Å². The maximum atomic E-state index is 14.2. The second-order valence-electron chi connectivity index (χ2n) is 13.6. The summed E-state index contributed by atoms with van der Waals surface area (Å²) in [4.78, 5) is 13.2. The van der Waals surface area contributed by atoms with E-state index in [1.807, 2.05) is 44.2 Å². The number of benzene rings is 2. The third kappa shape index (κ3) is 8.16. The summed E-state index contributed by atoms with van der Waals surface area (Å²) in [5.74, 6) is 6.21. The van der Waals surface area contributed by atoms with Gasteiger partial charge in [-0.25, -0.2) is 9.37 Å². The third-order valence-electron chi connectivity index (χ3n) is 7.38. The molecule has 0 fully saturated rings. The predicted octanol–water partition coefficient (Wildman–Crippen LogP) is 9.79. The number of nitrogens with zero attached hydrogens (tertiary/aromatic N) is 3. The van der Waals surface area contributed by atoms with Crippen LogP contribution >= 0.6 is 0 Å². The van der Waals surface area contributed by atoms with Gasteiger partial charge in [0.05, 0.1) is 11.0 Å². The summed E-state index contributed by atoms with van der Waals surface area (Å²) >= 11 is -1.90. The maximum absolute atomic E-state index is 14.2. The van der Waals surface area contributed by atoms with Crippen LogP contribution < -0.4 is 4.40 Å². The summed E-state index contributed by atoms with van der Waals surface area (Å²) in [6.07, 6.45) is 6.28. The number of pyridine rings is 3. The average Bonchev–Trinajstić information content (AvgIpc) is 3.36. The molecule has 6 rings (SSSR count). The van der Waals surface area contributed by atoms with E-state index in [2.05, 4.69) is 78.5 Å². The van der Waals surface area contributed by atoms with Crippen molar-refractivity contribution >= 4 is 39.7 Å². The van der Waals surface area contributed by atoms with E-state index in [0.29, 0.717) is 33.0 Å². The van der Waals surface area contributed by atoms with Crippen molar-refractivity contribution in [2.24, 2.45) is 5.41 Å². The Bertz CT molecular complexity index is 1960. The van der Waals surface area contributed by atoms with Crippen molar-refractivity contribution in [3.8, 4) is 22.5 Å². The first kappa shape index (κ1) is 33.2. The van der Waals surface area contributed by atoms with Crippen LogP contribution in [0.2, 0.25) is 17.3 Å². The van der Waals surface area contributed by atoms with Crippen LogP contribution in [0.15, 0.2) is 83.7 Å². The van der Waals surface area contributed by atoms with Gasteiger partial charge in [0.2, 0.25) is 5.71 Å². The Morgan fingerprint density at radius 3 is 2.36 bits per heavy atom. The summed E-state index contributed by atoms with van der Waals surface area (Å²) in [5.41, 5.74) is 6.76.